The van der Waals surface area contributed by atoms with Crippen LogP contribution in [-0.4, -0.2) is 21.4 Å². The Bertz CT molecular complexity index is 1070. The van der Waals surface area contributed by atoms with Crippen LogP contribution in [0.2, 0.25) is 5.02 Å². The Morgan fingerprint density at radius 3 is 2.50 bits per heavy atom. The number of nitrogens with zero attached hydrogens (tertiary/aromatic N) is 3. The summed E-state index contributed by atoms with van der Waals surface area (Å²) in [5.74, 6) is -0.491. The van der Waals surface area contributed by atoms with Crippen molar-refractivity contribution in [2.24, 2.45) is 5.10 Å². The number of aryl methyl sites for hydroxylation is 1. The van der Waals surface area contributed by atoms with Crippen molar-refractivity contribution in [2.45, 2.75) is 20.4 Å². The molecule has 2 aromatic carbocycles. The van der Waals surface area contributed by atoms with E-state index in [1.165, 1.54) is 4.68 Å². The zero-order valence-corrected chi connectivity index (χ0v) is 15.1. The summed E-state index contributed by atoms with van der Waals surface area (Å²) in [5, 5.41) is 9.79. The second kappa shape index (κ2) is 7.49. The van der Waals surface area contributed by atoms with Crippen LogP contribution in [0.5, 0.6) is 0 Å². The van der Waals surface area contributed by atoms with Gasteiger partial charge in [-0.15, -0.1) is 0 Å². The van der Waals surface area contributed by atoms with Crippen molar-refractivity contribution < 1.29 is 4.79 Å². The molecule has 0 unspecified atom stereocenters. The minimum absolute atomic E-state index is 0.151. The molecule has 0 aliphatic heterocycles. The van der Waals surface area contributed by atoms with Crippen molar-refractivity contribution in [3.63, 3.8) is 0 Å². The molecule has 7 heteroatoms. The Kier molecular flexibility index (Phi) is 5.14. The Morgan fingerprint density at radius 2 is 1.81 bits per heavy atom. The maximum atomic E-state index is 12.6. The van der Waals surface area contributed by atoms with Crippen LogP contribution in [0.3, 0.4) is 0 Å². The lowest BCUT2D eigenvalue weighted by Crippen LogP contribution is -2.28. The maximum absolute atomic E-state index is 12.6. The average molecular weight is 369 g/mol. The molecule has 0 aliphatic carbocycles. The van der Waals surface area contributed by atoms with E-state index in [2.05, 4.69) is 15.6 Å². The van der Waals surface area contributed by atoms with Crippen molar-refractivity contribution in [1.29, 1.82) is 0 Å². The van der Waals surface area contributed by atoms with Gasteiger partial charge in [0, 0.05) is 22.5 Å². The van der Waals surface area contributed by atoms with Crippen LogP contribution in [0, 0.1) is 0 Å². The van der Waals surface area contributed by atoms with E-state index in [0.717, 1.165) is 5.56 Å². The summed E-state index contributed by atoms with van der Waals surface area (Å²) >= 11 is 6.14. The normalized spacial score (nSPS) is 11.6. The number of benzene rings is 2. The Morgan fingerprint density at radius 1 is 1.15 bits per heavy atom. The summed E-state index contributed by atoms with van der Waals surface area (Å²) < 4.78 is 1.27. The van der Waals surface area contributed by atoms with Gasteiger partial charge in [0.15, 0.2) is 5.69 Å². The van der Waals surface area contributed by atoms with E-state index in [1.54, 1.807) is 44.2 Å². The summed E-state index contributed by atoms with van der Waals surface area (Å²) in [6, 6.07) is 14.1. The topological polar surface area (TPSA) is 76.3 Å². The van der Waals surface area contributed by atoms with E-state index in [9.17, 15) is 9.59 Å². The van der Waals surface area contributed by atoms with E-state index in [0.29, 0.717) is 28.1 Å². The Balaban J connectivity index is 1.98. The zero-order chi connectivity index (χ0) is 18.7. The molecule has 3 aromatic rings. The highest BCUT2D eigenvalue weighted by atomic mass is 35.5. The first-order valence-corrected chi connectivity index (χ1v) is 8.50. The molecule has 0 radical (unpaired) electrons. The molecule has 1 amide bonds. The number of fused-ring (bicyclic) bond motifs is 1. The number of halogens is 1. The molecule has 0 fully saturated rings. The van der Waals surface area contributed by atoms with Gasteiger partial charge in [-0.1, -0.05) is 48.0 Å². The molecule has 1 N–H and O–H groups in total. The third kappa shape index (κ3) is 3.36. The predicted octanol–water partition coefficient (Wildman–Crippen LogP) is 3.22. The van der Waals surface area contributed by atoms with Crippen LogP contribution >= 0.6 is 11.6 Å². The van der Waals surface area contributed by atoms with Gasteiger partial charge in [-0.25, -0.2) is 10.1 Å². The van der Waals surface area contributed by atoms with Gasteiger partial charge in [0.2, 0.25) is 0 Å². The molecule has 1 heterocycles. The molecular formula is C19H17ClN4O2. The van der Waals surface area contributed by atoms with Crippen molar-refractivity contribution in [3.05, 3.63) is 75.2 Å². The number of rotatable bonds is 4. The summed E-state index contributed by atoms with van der Waals surface area (Å²) in [5.41, 5.74) is 3.72. The molecule has 0 saturated heterocycles. The molecule has 0 aliphatic rings. The first-order chi connectivity index (χ1) is 12.5. The lowest BCUT2D eigenvalue weighted by Gasteiger charge is -2.09. The van der Waals surface area contributed by atoms with Gasteiger partial charge in [-0.2, -0.15) is 10.2 Å². The molecule has 132 valence electrons. The van der Waals surface area contributed by atoms with E-state index in [-0.39, 0.29) is 11.3 Å². The predicted molar refractivity (Wildman–Crippen MR) is 103 cm³/mol. The number of carbonyl (C=O) groups is 1. The third-order valence-corrected chi connectivity index (χ3v) is 4.30. The van der Waals surface area contributed by atoms with Crippen LogP contribution in [0.1, 0.15) is 29.9 Å². The number of nitrogens with one attached hydrogen (secondary N) is 1. The molecule has 3 rings (SSSR count). The SMILES string of the molecule is CCn1nc(C(=O)N/N=C(\C)c2ccccc2Cl)c2ccccc2c1=O. The lowest BCUT2D eigenvalue weighted by molar-refractivity contribution is 0.0949. The van der Waals surface area contributed by atoms with Gasteiger partial charge in [0.1, 0.15) is 0 Å². The number of carbonyl (C=O) groups excluding carboxylic acids is 1. The average Bonchev–Trinajstić information content (AvgIpc) is 2.66. The minimum Gasteiger partial charge on any atom is -0.267 e. The molecule has 26 heavy (non-hydrogen) atoms. The lowest BCUT2D eigenvalue weighted by atomic mass is 10.1. The van der Waals surface area contributed by atoms with Gasteiger partial charge < -0.3 is 0 Å². The molecule has 1 aromatic heterocycles. The fraction of sp³-hybridized carbons (Fsp3) is 0.158. The van der Waals surface area contributed by atoms with Gasteiger partial charge >= 0.3 is 0 Å². The summed E-state index contributed by atoms with van der Waals surface area (Å²) in [6.07, 6.45) is 0. The third-order valence-electron chi connectivity index (χ3n) is 3.97. The molecule has 0 bridgehead atoms. The molecule has 0 spiro atoms. The van der Waals surface area contributed by atoms with Gasteiger partial charge in [0.05, 0.1) is 11.1 Å². The van der Waals surface area contributed by atoms with Crippen LogP contribution in [0.15, 0.2) is 58.4 Å². The van der Waals surface area contributed by atoms with Gasteiger partial charge in [-0.05, 0) is 26.0 Å². The summed E-state index contributed by atoms with van der Waals surface area (Å²) in [7, 11) is 0. The molecular weight excluding hydrogens is 352 g/mol. The summed E-state index contributed by atoms with van der Waals surface area (Å²) in [6.45, 7) is 3.91. The van der Waals surface area contributed by atoms with Crippen LogP contribution < -0.4 is 11.0 Å². The quantitative estimate of drug-likeness (QED) is 0.567. The fourth-order valence-corrected chi connectivity index (χ4v) is 2.89. The Hall–Kier alpha value is -2.99. The highest BCUT2D eigenvalue weighted by Gasteiger charge is 2.16. The number of hydrazone groups is 1. The Labute approximate surface area is 155 Å². The van der Waals surface area contributed by atoms with Gasteiger partial charge in [-0.3, -0.25) is 9.59 Å². The standard InChI is InChI=1S/C19H17ClN4O2/c1-3-24-19(26)15-10-5-4-9-14(15)17(23-24)18(25)22-21-12(2)13-8-6-7-11-16(13)20/h4-11H,3H2,1-2H3,(H,22,25)/b21-12+. The van der Waals surface area contributed by atoms with Gasteiger partial charge in [0.25, 0.3) is 11.5 Å². The van der Waals surface area contributed by atoms with Crippen molar-refractivity contribution in [2.75, 3.05) is 0 Å². The van der Waals surface area contributed by atoms with E-state index < -0.39 is 5.91 Å². The molecule has 0 saturated carbocycles. The number of amides is 1. The largest absolute Gasteiger partial charge is 0.292 e. The highest BCUT2D eigenvalue weighted by Crippen LogP contribution is 2.16. The molecule has 6 nitrogen and oxygen atoms in total. The smallest absolute Gasteiger partial charge is 0.267 e. The van der Waals surface area contributed by atoms with Crippen LogP contribution in [0.4, 0.5) is 0 Å². The monoisotopic (exact) mass is 368 g/mol. The first-order valence-electron chi connectivity index (χ1n) is 8.12. The van der Waals surface area contributed by atoms with E-state index in [1.807, 2.05) is 18.2 Å². The van der Waals surface area contributed by atoms with Crippen molar-refractivity contribution in [3.8, 4) is 0 Å². The van der Waals surface area contributed by atoms with Crippen LogP contribution in [0.25, 0.3) is 10.8 Å². The second-order valence-electron chi connectivity index (χ2n) is 5.63. The van der Waals surface area contributed by atoms with E-state index >= 15 is 0 Å². The first kappa shape index (κ1) is 17.8. The zero-order valence-electron chi connectivity index (χ0n) is 14.4. The van der Waals surface area contributed by atoms with Crippen LogP contribution in [-0.2, 0) is 6.54 Å². The van der Waals surface area contributed by atoms with Crippen molar-refractivity contribution >= 4 is 34.0 Å². The number of aromatic nitrogens is 2. The van der Waals surface area contributed by atoms with E-state index in [4.69, 9.17) is 11.6 Å². The van der Waals surface area contributed by atoms with Crippen molar-refractivity contribution in [1.82, 2.24) is 15.2 Å². The maximum Gasteiger partial charge on any atom is 0.292 e. The number of hydrogen-bond donors (Lipinski definition) is 1. The second-order valence-corrected chi connectivity index (χ2v) is 6.04. The highest BCUT2D eigenvalue weighted by molar-refractivity contribution is 6.34. The number of hydrogen-bond acceptors (Lipinski definition) is 4. The minimum atomic E-state index is -0.491. The summed E-state index contributed by atoms with van der Waals surface area (Å²) in [4.78, 5) is 25.0. The molecule has 0 atom stereocenters. The fourth-order valence-electron chi connectivity index (χ4n) is 2.62.